The smallest absolute Gasteiger partial charge is 0.254 e. The molecule has 0 radical (unpaired) electrons. The molecule has 1 unspecified atom stereocenters. The average Bonchev–Trinajstić information content (AvgIpc) is 3.11. The molecule has 256 valence electrons. The van der Waals surface area contributed by atoms with Crippen molar-refractivity contribution in [1.82, 2.24) is 9.80 Å². The van der Waals surface area contributed by atoms with Gasteiger partial charge in [-0.25, -0.2) is 4.39 Å². The van der Waals surface area contributed by atoms with Gasteiger partial charge in [0.05, 0.1) is 19.0 Å². The molecule has 3 aromatic rings. The molecular formula is C37H41FN6O5. The van der Waals surface area contributed by atoms with Gasteiger partial charge >= 0.3 is 0 Å². The number of nitriles is 1. The fraction of sp³-hybridized carbons (Fsp3) is 0.378. The molecule has 11 nitrogen and oxygen atoms in total. The van der Waals surface area contributed by atoms with E-state index in [1.165, 1.54) is 22.8 Å². The number of halogens is 1. The second kappa shape index (κ2) is 16.2. The molecule has 2 fully saturated rings. The summed E-state index contributed by atoms with van der Waals surface area (Å²) in [5, 5.41) is 14.6. The van der Waals surface area contributed by atoms with E-state index < -0.39 is 35.7 Å². The molecule has 2 aliphatic rings. The van der Waals surface area contributed by atoms with E-state index in [2.05, 4.69) is 16.7 Å². The Morgan fingerprint density at radius 2 is 1.69 bits per heavy atom. The number of benzene rings is 3. The lowest BCUT2D eigenvalue weighted by molar-refractivity contribution is -0.122. The second-order valence-electron chi connectivity index (χ2n) is 12.5. The maximum absolute atomic E-state index is 14.5. The Morgan fingerprint density at radius 3 is 2.39 bits per heavy atom. The molecule has 4 amide bonds. The standard InChI is InChI=1S/C37H41FN6O5/c1-24(45)41-30-19-27(18-28(38)21-30)36(47)43-16-17-44(33(23-43)35(46)42-29-10-6-3-7-11-29)37(48)26-12-13-34(49-31(22-40)14-15-39)32(20-26)25-8-4-2-5-9-25/h3,6-7,10-13,18-21,25,31,33H,2,4-5,8-9,14,16-17,22-23,40H2,1H3,(H,41,45)(H,42,46)/t31-,33?/m0/s1. The van der Waals surface area contributed by atoms with Crippen molar-refractivity contribution in [3.05, 3.63) is 89.2 Å². The SMILES string of the molecule is CC(=O)Nc1cc(F)cc(C(=O)N2CCN(C(=O)c3ccc(O[C@H](CN)CC#N)c(C4CCCCC4)c3)C(C(=O)Nc3ccccc3)C2)c1. The number of carbonyl (C=O) groups excluding carboxylic acids is 4. The third-order valence-corrected chi connectivity index (χ3v) is 8.91. The lowest BCUT2D eigenvalue weighted by atomic mass is 9.83. The van der Waals surface area contributed by atoms with Gasteiger partial charge in [0.25, 0.3) is 11.8 Å². The van der Waals surface area contributed by atoms with Gasteiger partial charge in [-0.05, 0) is 72.9 Å². The number of hydrogen-bond donors (Lipinski definition) is 3. The van der Waals surface area contributed by atoms with E-state index in [0.29, 0.717) is 17.0 Å². The van der Waals surface area contributed by atoms with Gasteiger partial charge in [-0.15, -0.1) is 0 Å². The predicted octanol–water partition coefficient (Wildman–Crippen LogP) is 5.06. The van der Waals surface area contributed by atoms with Crippen molar-refractivity contribution in [2.75, 3.05) is 36.8 Å². The highest BCUT2D eigenvalue weighted by atomic mass is 19.1. The number of nitrogens with two attached hydrogens (primary N) is 1. The molecule has 1 saturated carbocycles. The van der Waals surface area contributed by atoms with Crippen LogP contribution in [0.5, 0.6) is 5.75 Å². The molecule has 1 saturated heterocycles. The number of anilines is 2. The average molecular weight is 669 g/mol. The highest BCUT2D eigenvalue weighted by Crippen LogP contribution is 2.39. The summed E-state index contributed by atoms with van der Waals surface area (Å²) in [5.74, 6) is -1.76. The Hall–Kier alpha value is -5.28. The van der Waals surface area contributed by atoms with Crippen LogP contribution in [0.1, 0.15) is 77.6 Å². The molecule has 1 aliphatic carbocycles. The summed E-state index contributed by atoms with van der Waals surface area (Å²) >= 11 is 0. The van der Waals surface area contributed by atoms with Gasteiger partial charge in [0, 0.05) is 49.1 Å². The van der Waals surface area contributed by atoms with Crippen molar-refractivity contribution in [2.45, 2.75) is 63.5 Å². The summed E-state index contributed by atoms with van der Waals surface area (Å²) in [6.07, 6.45) is 4.76. The molecule has 12 heteroatoms. The molecule has 4 N–H and O–H groups in total. The van der Waals surface area contributed by atoms with Crippen LogP contribution in [0.3, 0.4) is 0 Å². The quantitative estimate of drug-likeness (QED) is 0.273. The number of carbonyl (C=O) groups is 4. The Bertz CT molecular complexity index is 1720. The number of hydrogen-bond acceptors (Lipinski definition) is 7. The minimum absolute atomic E-state index is 0.00522. The van der Waals surface area contributed by atoms with Gasteiger partial charge in [-0.2, -0.15) is 5.26 Å². The first-order valence-corrected chi connectivity index (χ1v) is 16.6. The lowest BCUT2D eigenvalue weighted by Gasteiger charge is -2.40. The van der Waals surface area contributed by atoms with Crippen LogP contribution in [0, 0.1) is 17.1 Å². The van der Waals surface area contributed by atoms with E-state index in [9.17, 15) is 28.8 Å². The molecule has 3 aromatic carbocycles. The highest BCUT2D eigenvalue weighted by Gasteiger charge is 2.38. The fourth-order valence-corrected chi connectivity index (χ4v) is 6.49. The monoisotopic (exact) mass is 668 g/mol. The molecule has 0 bridgehead atoms. The summed E-state index contributed by atoms with van der Waals surface area (Å²) in [6, 6.07) is 18.6. The largest absolute Gasteiger partial charge is 0.488 e. The Balaban J connectivity index is 1.45. The van der Waals surface area contributed by atoms with E-state index in [0.717, 1.165) is 49.8 Å². The third-order valence-electron chi connectivity index (χ3n) is 8.91. The molecule has 49 heavy (non-hydrogen) atoms. The fourth-order valence-electron chi connectivity index (χ4n) is 6.49. The van der Waals surface area contributed by atoms with Crippen molar-refractivity contribution in [2.24, 2.45) is 5.73 Å². The van der Waals surface area contributed by atoms with E-state index in [1.807, 2.05) is 12.1 Å². The number of piperazine rings is 1. The molecule has 2 atom stereocenters. The summed E-state index contributed by atoms with van der Waals surface area (Å²) in [4.78, 5) is 56.2. The Kier molecular flexibility index (Phi) is 11.6. The van der Waals surface area contributed by atoms with Crippen LogP contribution in [0.4, 0.5) is 15.8 Å². The number of ether oxygens (including phenoxy) is 1. The zero-order valence-electron chi connectivity index (χ0n) is 27.5. The molecule has 1 aliphatic heterocycles. The Labute approximate surface area is 285 Å². The van der Waals surface area contributed by atoms with Crippen LogP contribution in [0.25, 0.3) is 0 Å². The van der Waals surface area contributed by atoms with Gasteiger partial charge in [0.2, 0.25) is 11.8 Å². The minimum atomic E-state index is -1.07. The van der Waals surface area contributed by atoms with E-state index in [1.54, 1.807) is 36.4 Å². The number of nitrogens with zero attached hydrogens (tertiary/aromatic N) is 3. The highest BCUT2D eigenvalue weighted by molar-refractivity contribution is 6.03. The number of amides is 4. The topological polar surface area (TPSA) is 158 Å². The van der Waals surface area contributed by atoms with E-state index in [-0.39, 0.29) is 55.7 Å². The molecule has 5 rings (SSSR count). The van der Waals surface area contributed by atoms with Gasteiger partial charge < -0.3 is 30.9 Å². The van der Waals surface area contributed by atoms with Crippen LogP contribution in [-0.2, 0) is 9.59 Å². The van der Waals surface area contributed by atoms with E-state index in [4.69, 9.17) is 10.5 Å². The van der Waals surface area contributed by atoms with Crippen LogP contribution >= 0.6 is 0 Å². The van der Waals surface area contributed by atoms with Crippen molar-refractivity contribution in [3.8, 4) is 11.8 Å². The van der Waals surface area contributed by atoms with Crippen LogP contribution in [0.15, 0.2) is 66.7 Å². The van der Waals surface area contributed by atoms with Crippen LogP contribution in [-0.4, -0.2) is 71.8 Å². The maximum Gasteiger partial charge on any atom is 0.254 e. The maximum atomic E-state index is 14.5. The van der Waals surface area contributed by atoms with Gasteiger partial charge in [0.1, 0.15) is 23.7 Å². The van der Waals surface area contributed by atoms with Crippen molar-refractivity contribution < 1.29 is 28.3 Å². The first-order chi connectivity index (χ1) is 23.7. The summed E-state index contributed by atoms with van der Waals surface area (Å²) in [6.45, 7) is 1.44. The van der Waals surface area contributed by atoms with Crippen molar-refractivity contribution in [1.29, 1.82) is 5.26 Å². The number of rotatable bonds is 10. The normalized spacial score (nSPS) is 17.1. The number of para-hydroxylation sites is 1. The van der Waals surface area contributed by atoms with Gasteiger partial charge in [-0.3, -0.25) is 19.2 Å². The lowest BCUT2D eigenvalue weighted by Crippen LogP contribution is -2.60. The third kappa shape index (κ3) is 8.80. The summed E-state index contributed by atoms with van der Waals surface area (Å²) < 4.78 is 20.6. The van der Waals surface area contributed by atoms with Crippen LogP contribution in [0.2, 0.25) is 0 Å². The van der Waals surface area contributed by atoms with Gasteiger partial charge in [-0.1, -0.05) is 37.5 Å². The van der Waals surface area contributed by atoms with Crippen molar-refractivity contribution >= 4 is 35.0 Å². The first-order valence-electron chi connectivity index (χ1n) is 16.6. The minimum Gasteiger partial charge on any atom is -0.488 e. The number of nitrogens with one attached hydrogen (secondary N) is 2. The summed E-state index contributed by atoms with van der Waals surface area (Å²) in [7, 11) is 0. The van der Waals surface area contributed by atoms with Crippen LogP contribution < -0.4 is 21.1 Å². The zero-order chi connectivity index (χ0) is 34.9. The molecule has 0 spiro atoms. The molecule has 1 heterocycles. The Morgan fingerprint density at radius 1 is 0.939 bits per heavy atom. The predicted molar refractivity (Wildman–Crippen MR) is 182 cm³/mol. The van der Waals surface area contributed by atoms with Crippen molar-refractivity contribution in [3.63, 3.8) is 0 Å². The second-order valence-corrected chi connectivity index (χ2v) is 12.5. The molecule has 0 aromatic heterocycles. The van der Waals surface area contributed by atoms with E-state index >= 15 is 0 Å². The first kappa shape index (κ1) is 35.0. The van der Waals surface area contributed by atoms with Gasteiger partial charge in [0.15, 0.2) is 0 Å². The zero-order valence-corrected chi connectivity index (χ0v) is 27.5. The molecular weight excluding hydrogens is 627 g/mol. The summed E-state index contributed by atoms with van der Waals surface area (Å²) in [5.41, 5.74) is 7.80.